The van der Waals surface area contributed by atoms with Crippen LogP contribution < -0.4 is 5.32 Å². The van der Waals surface area contributed by atoms with Crippen molar-refractivity contribution < 1.29 is 19.5 Å². The van der Waals surface area contributed by atoms with E-state index in [1.165, 1.54) is 10.9 Å². The molecule has 2 heterocycles. The van der Waals surface area contributed by atoms with Gasteiger partial charge in [-0.15, -0.1) is 0 Å². The second kappa shape index (κ2) is 7.22. The SMILES string of the molecule is Cc1c(C(=O)O)cnn1-c1ccc(C(=O)NC2CCN(C(C)C)C2=O)cc1. The molecule has 8 heteroatoms. The fourth-order valence-corrected chi connectivity index (χ4v) is 3.22. The number of carbonyl (C=O) groups excluding carboxylic acids is 2. The van der Waals surface area contributed by atoms with Crippen molar-refractivity contribution in [2.75, 3.05) is 6.54 Å². The van der Waals surface area contributed by atoms with Gasteiger partial charge in [0.25, 0.3) is 5.91 Å². The first kappa shape index (κ1) is 18.6. The van der Waals surface area contributed by atoms with E-state index in [1.54, 1.807) is 36.1 Å². The molecular weight excluding hydrogens is 348 g/mol. The molecule has 1 saturated heterocycles. The molecule has 0 spiro atoms. The van der Waals surface area contributed by atoms with Crippen LogP contribution in [0.25, 0.3) is 5.69 Å². The highest BCUT2D eigenvalue weighted by atomic mass is 16.4. The highest BCUT2D eigenvalue weighted by molar-refractivity contribution is 5.98. The molecule has 1 aliphatic heterocycles. The van der Waals surface area contributed by atoms with E-state index in [4.69, 9.17) is 5.11 Å². The van der Waals surface area contributed by atoms with E-state index in [-0.39, 0.29) is 23.4 Å². The summed E-state index contributed by atoms with van der Waals surface area (Å²) in [5.41, 5.74) is 1.72. The lowest BCUT2D eigenvalue weighted by atomic mass is 10.1. The van der Waals surface area contributed by atoms with Crippen molar-refractivity contribution in [1.29, 1.82) is 0 Å². The lowest BCUT2D eigenvalue weighted by Gasteiger charge is -2.21. The molecule has 1 unspecified atom stereocenters. The number of likely N-dealkylation sites (tertiary alicyclic amines) is 1. The van der Waals surface area contributed by atoms with Crippen LogP contribution in [0.5, 0.6) is 0 Å². The van der Waals surface area contributed by atoms with Crippen LogP contribution in [0.2, 0.25) is 0 Å². The van der Waals surface area contributed by atoms with Gasteiger partial charge in [-0.05, 0) is 51.5 Å². The van der Waals surface area contributed by atoms with Crippen molar-refractivity contribution in [3.63, 3.8) is 0 Å². The minimum atomic E-state index is -1.04. The molecule has 1 aromatic heterocycles. The second-order valence-corrected chi connectivity index (χ2v) is 6.85. The molecule has 27 heavy (non-hydrogen) atoms. The van der Waals surface area contributed by atoms with Gasteiger partial charge in [0.1, 0.15) is 11.6 Å². The van der Waals surface area contributed by atoms with Crippen LogP contribution >= 0.6 is 0 Å². The van der Waals surface area contributed by atoms with Gasteiger partial charge < -0.3 is 15.3 Å². The molecule has 0 radical (unpaired) electrons. The average molecular weight is 370 g/mol. The van der Waals surface area contributed by atoms with Crippen molar-refractivity contribution in [3.05, 3.63) is 47.3 Å². The van der Waals surface area contributed by atoms with Gasteiger partial charge in [0, 0.05) is 18.2 Å². The summed E-state index contributed by atoms with van der Waals surface area (Å²) in [7, 11) is 0. The Kier molecular flexibility index (Phi) is 4.98. The van der Waals surface area contributed by atoms with E-state index in [2.05, 4.69) is 10.4 Å². The first-order chi connectivity index (χ1) is 12.8. The maximum atomic E-state index is 12.4. The van der Waals surface area contributed by atoms with Crippen LogP contribution in [-0.4, -0.2) is 56.2 Å². The standard InChI is InChI=1S/C19H22N4O4/c1-11(2)22-9-8-16(18(22)25)21-17(24)13-4-6-14(7-5-13)23-12(3)15(10-20-23)19(26)27/h4-7,10-11,16H,8-9H2,1-3H3,(H,21,24)(H,26,27). The van der Waals surface area contributed by atoms with Crippen LogP contribution in [0.15, 0.2) is 30.5 Å². The molecule has 0 bridgehead atoms. The molecule has 8 nitrogen and oxygen atoms in total. The van der Waals surface area contributed by atoms with E-state index < -0.39 is 12.0 Å². The maximum Gasteiger partial charge on any atom is 0.339 e. The number of hydrogen-bond acceptors (Lipinski definition) is 4. The van der Waals surface area contributed by atoms with Gasteiger partial charge in [-0.3, -0.25) is 9.59 Å². The van der Waals surface area contributed by atoms with E-state index in [0.29, 0.717) is 29.9 Å². The Labute approximate surface area is 156 Å². The van der Waals surface area contributed by atoms with E-state index in [0.717, 1.165) is 0 Å². The molecule has 0 saturated carbocycles. The fourth-order valence-electron chi connectivity index (χ4n) is 3.22. The highest BCUT2D eigenvalue weighted by Gasteiger charge is 2.34. The molecule has 0 aliphatic carbocycles. The molecule has 142 valence electrons. The number of carbonyl (C=O) groups is 3. The number of rotatable bonds is 5. The third-order valence-corrected chi connectivity index (χ3v) is 4.78. The topological polar surface area (TPSA) is 105 Å². The monoisotopic (exact) mass is 370 g/mol. The predicted octanol–water partition coefficient (Wildman–Crippen LogP) is 1.62. The molecule has 2 N–H and O–H groups in total. The number of aromatic carboxylic acids is 1. The Morgan fingerprint density at radius 1 is 1.26 bits per heavy atom. The Bertz CT molecular complexity index is 886. The van der Waals surface area contributed by atoms with Crippen LogP contribution in [-0.2, 0) is 4.79 Å². The summed E-state index contributed by atoms with van der Waals surface area (Å²) in [5.74, 6) is -1.40. The van der Waals surface area contributed by atoms with Crippen LogP contribution in [0, 0.1) is 6.92 Å². The third-order valence-electron chi connectivity index (χ3n) is 4.78. The summed E-state index contributed by atoms with van der Waals surface area (Å²) in [6.45, 7) is 6.22. The number of carboxylic acid groups (broad SMARTS) is 1. The van der Waals surface area contributed by atoms with Crippen LogP contribution in [0.3, 0.4) is 0 Å². The van der Waals surface area contributed by atoms with E-state index in [9.17, 15) is 14.4 Å². The number of amides is 2. The van der Waals surface area contributed by atoms with E-state index >= 15 is 0 Å². The molecule has 2 amide bonds. The molecule has 1 fully saturated rings. The minimum Gasteiger partial charge on any atom is -0.478 e. The summed E-state index contributed by atoms with van der Waals surface area (Å²) in [5, 5.41) is 16.0. The smallest absolute Gasteiger partial charge is 0.339 e. The van der Waals surface area contributed by atoms with Gasteiger partial charge in [0.2, 0.25) is 5.91 Å². The minimum absolute atomic E-state index is 0.0525. The predicted molar refractivity (Wildman–Crippen MR) is 98.0 cm³/mol. The summed E-state index contributed by atoms with van der Waals surface area (Å²) in [6, 6.07) is 6.27. The second-order valence-electron chi connectivity index (χ2n) is 6.85. The summed E-state index contributed by atoms with van der Waals surface area (Å²) < 4.78 is 1.51. The van der Waals surface area contributed by atoms with Gasteiger partial charge in [0.15, 0.2) is 0 Å². The number of carboxylic acids is 1. The first-order valence-corrected chi connectivity index (χ1v) is 8.79. The summed E-state index contributed by atoms with van der Waals surface area (Å²) >= 11 is 0. The Hall–Kier alpha value is -3.16. The number of benzene rings is 1. The first-order valence-electron chi connectivity index (χ1n) is 8.79. The van der Waals surface area contributed by atoms with Gasteiger partial charge in [0.05, 0.1) is 17.6 Å². The normalized spacial score (nSPS) is 16.8. The Morgan fingerprint density at radius 3 is 2.44 bits per heavy atom. The van der Waals surface area contributed by atoms with Crippen molar-refractivity contribution in [2.45, 2.75) is 39.3 Å². The van der Waals surface area contributed by atoms with E-state index in [1.807, 2.05) is 13.8 Å². The van der Waals surface area contributed by atoms with Crippen LogP contribution in [0.1, 0.15) is 46.7 Å². The van der Waals surface area contributed by atoms with Gasteiger partial charge in [-0.1, -0.05) is 0 Å². The molecule has 2 aromatic rings. The molecule has 3 rings (SSSR count). The zero-order chi connectivity index (χ0) is 19.7. The number of hydrogen-bond donors (Lipinski definition) is 2. The lowest BCUT2D eigenvalue weighted by molar-refractivity contribution is -0.130. The van der Waals surface area contributed by atoms with Gasteiger partial charge in [-0.25, -0.2) is 9.48 Å². The Balaban J connectivity index is 1.71. The third kappa shape index (κ3) is 3.55. The highest BCUT2D eigenvalue weighted by Crippen LogP contribution is 2.17. The number of aromatic nitrogens is 2. The maximum absolute atomic E-state index is 12.4. The van der Waals surface area contributed by atoms with Crippen molar-refractivity contribution >= 4 is 17.8 Å². The Morgan fingerprint density at radius 2 is 1.93 bits per heavy atom. The van der Waals surface area contributed by atoms with Crippen molar-refractivity contribution in [3.8, 4) is 5.69 Å². The number of nitrogens with one attached hydrogen (secondary N) is 1. The quantitative estimate of drug-likeness (QED) is 0.832. The van der Waals surface area contributed by atoms with Gasteiger partial charge >= 0.3 is 5.97 Å². The zero-order valence-corrected chi connectivity index (χ0v) is 15.5. The van der Waals surface area contributed by atoms with Gasteiger partial charge in [-0.2, -0.15) is 5.10 Å². The molecule has 1 atom stereocenters. The summed E-state index contributed by atoms with van der Waals surface area (Å²) in [4.78, 5) is 37.6. The molecule has 1 aromatic carbocycles. The molecule has 1 aliphatic rings. The van der Waals surface area contributed by atoms with Crippen molar-refractivity contribution in [1.82, 2.24) is 20.0 Å². The number of nitrogens with zero attached hydrogens (tertiary/aromatic N) is 3. The lowest BCUT2D eigenvalue weighted by Crippen LogP contribution is -2.43. The van der Waals surface area contributed by atoms with Crippen LogP contribution in [0.4, 0.5) is 0 Å². The molecular formula is C19H22N4O4. The zero-order valence-electron chi connectivity index (χ0n) is 15.5. The largest absolute Gasteiger partial charge is 0.478 e. The summed E-state index contributed by atoms with van der Waals surface area (Å²) in [6.07, 6.45) is 1.90. The van der Waals surface area contributed by atoms with Crippen molar-refractivity contribution in [2.24, 2.45) is 0 Å². The fraction of sp³-hybridized carbons (Fsp3) is 0.368. The average Bonchev–Trinajstić information content (AvgIpc) is 3.18.